The SMILES string of the molecule is CCCOc1ccc(C(C)CC(O)C(C)O)cc1C(C)(C)C. The van der Waals surface area contributed by atoms with Gasteiger partial charge in [0.15, 0.2) is 0 Å². The van der Waals surface area contributed by atoms with E-state index in [0.29, 0.717) is 6.42 Å². The fraction of sp³-hybridized carbons (Fsp3) is 0.684. The number of aliphatic hydroxyl groups is 2. The first-order valence-electron chi connectivity index (χ1n) is 8.30. The van der Waals surface area contributed by atoms with Crippen LogP contribution in [0.3, 0.4) is 0 Å². The average Bonchev–Trinajstić information content (AvgIpc) is 2.43. The topological polar surface area (TPSA) is 49.7 Å². The van der Waals surface area contributed by atoms with Crippen molar-refractivity contribution in [3.05, 3.63) is 29.3 Å². The number of hydrogen-bond acceptors (Lipinski definition) is 3. The molecule has 0 heterocycles. The van der Waals surface area contributed by atoms with Gasteiger partial charge in [0.05, 0.1) is 18.8 Å². The number of rotatable bonds is 7. The van der Waals surface area contributed by atoms with E-state index < -0.39 is 12.2 Å². The molecule has 1 aromatic rings. The maximum absolute atomic E-state index is 9.88. The maximum atomic E-state index is 9.88. The minimum atomic E-state index is -0.698. The Balaban J connectivity index is 3.03. The number of ether oxygens (including phenoxy) is 1. The number of hydrogen-bond donors (Lipinski definition) is 2. The second-order valence-electron chi connectivity index (χ2n) is 7.30. The van der Waals surface area contributed by atoms with E-state index in [9.17, 15) is 10.2 Å². The molecule has 0 spiro atoms. The summed E-state index contributed by atoms with van der Waals surface area (Å²) in [7, 11) is 0. The largest absolute Gasteiger partial charge is 0.493 e. The normalized spacial score (nSPS) is 16.2. The molecule has 0 aliphatic carbocycles. The lowest BCUT2D eigenvalue weighted by molar-refractivity contribution is 0.0227. The lowest BCUT2D eigenvalue weighted by atomic mass is 9.83. The highest BCUT2D eigenvalue weighted by Crippen LogP contribution is 2.35. The van der Waals surface area contributed by atoms with Gasteiger partial charge in [-0.15, -0.1) is 0 Å². The van der Waals surface area contributed by atoms with Crippen molar-refractivity contribution in [1.82, 2.24) is 0 Å². The summed E-state index contributed by atoms with van der Waals surface area (Å²) in [5, 5.41) is 19.4. The first kappa shape index (κ1) is 19.0. The van der Waals surface area contributed by atoms with Crippen molar-refractivity contribution in [2.24, 2.45) is 0 Å². The van der Waals surface area contributed by atoms with Crippen LogP contribution in [0.5, 0.6) is 5.75 Å². The van der Waals surface area contributed by atoms with Crippen LogP contribution in [-0.4, -0.2) is 29.0 Å². The van der Waals surface area contributed by atoms with Crippen LogP contribution in [0, 0.1) is 0 Å². The Morgan fingerprint density at radius 2 is 1.77 bits per heavy atom. The fourth-order valence-corrected chi connectivity index (χ4v) is 2.47. The summed E-state index contributed by atoms with van der Waals surface area (Å²) in [4.78, 5) is 0. The van der Waals surface area contributed by atoms with Crippen LogP contribution < -0.4 is 4.74 Å². The molecule has 126 valence electrons. The molecule has 3 heteroatoms. The van der Waals surface area contributed by atoms with Gasteiger partial charge >= 0.3 is 0 Å². The van der Waals surface area contributed by atoms with Crippen molar-refractivity contribution < 1.29 is 14.9 Å². The highest BCUT2D eigenvalue weighted by molar-refractivity contribution is 5.42. The number of benzene rings is 1. The molecule has 0 aliphatic heterocycles. The van der Waals surface area contributed by atoms with E-state index in [1.54, 1.807) is 6.92 Å². The van der Waals surface area contributed by atoms with Gasteiger partial charge in [-0.25, -0.2) is 0 Å². The van der Waals surface area contributed by atoms with E-state index in [1.807, 2.05) is 6.07 Å². The molecule has 0 saturated carbocycles. The van der Waals surface area contributed by atoms with Crippen molar-refractivity contribution in [2.75, 3.05) is 6.61 Å². The van der Waals surface area contributed by atoms with E-state index in [4.69, 9.17) is 4.74 Å². The molecule has 0 aliphatic rings. The Hall–Kier alpha value is -1.06. The summed E-state index contributed by atoms with van der Waals surface area (Å²) in [6, 6.07) is 6.29. The zero-order chi connectivity index (χ0) is 16.9. The van der Waals surface area contributed by atoms with Crippen molar-refractivity contribution in [3.8, 4) is 5.75 Å². The smallest absolute Gasteiger partial charge is 0.123 e. The molecular weight excluding hydrogens is 276 g/mol. The molecule has 0 aromatic heterocycles. The summed E-state index contributed by atoms with van der Waals surface area (Å²) >= 11 is 0. The molecule has 1 rings (SSSR count). The Morgan fingerprint density at radius 1 is 1.14 bits per heavy atom. The zero-order valence-electron chi connectivity index (χ0n) is 14.9. The van der Waals surface area contributed by atoms with Crippen LogP contribution in [0.1, 0.15) is 71.4 Å². The van der Waals surface area contributed by atoms with Crippen LogP contribution in [0.25, 0.3) is 0 Å². The second kappa shape index (κ2) is 7.98. The lowest BCUT2D eigenvalue weighted by Crippen LogP contribution is -2.24. The zero-order valence-corrected chi connectivity index (χ0v) is 14.9. The second-order valence-corrected chi connectivity index (χ2v) is 7.30. The molecule has 0 saturated heterocycles. The summed E-state index contributed by atoms with van der Waals surface area (Å²) in [6.07, 6.45) is 0.152. The standard InChI is InChI=1S/C19H32O3/c1-7-10-22-18-9-8-15(12-16(18)19(4,5)6)13(2)11-17(21)14(3)20/h8-9,12-14,17,20-21H,7,10-11H2,1-6H3. The summed E-state index contributed by atoms with van der Waals surface area (Å²) < 4.78 is 5.88. The van der Waals surface area contributed by atoms with Crippen LogP contribution >= 0.6 is 0 Å². The van der Waals surface area contributed by atoms with E-state index in [0.717, 1.165) is 18.8 Å². The molecule has 3 atom stereocenters. The van der Waals surface area contributed by atoms with Gasteiger partial charge < -0.3 is 14.9 Å². The highest BCUT2D eigenvalue weighted by atomic mass is 16.5. The van der Waals surface area contributed by atoms with E-state index >= 15 is 0 Å². The molecule has 1 aromatic carbocycles. The third-order valence-corrected chi connectivity index (χ3v) is 3.99. The molecule has 3 unspecified atom stereocenters. The van der Waals surface area contributed by atoms with Crippen molar-refractivity contribution in [2.45, 2.75) is 77.9 Å². The highest BCUT2D eigenvalue weighted by Gasteiger charge is 2.22. The molecule has 0 amide bonds. The molecule has 2 N–H and O–H groups in total. The van der Waals surface area contributed by atoms with Crippen molar-refractivity contribution >= 4 is 0 Å². The first-order valence-corrected chi connectivity index (χ1v) is 8.30. The predicted octanol–water partition coefficient (Wildman–Crippen LogP) is 4.01. The van der Waals surface area contributed by atoms with E-state index in [-0.39, 0.29) is 11.3 Å². The molecule has 3 nitrogen and oxygen atoms in total. The lowest BCUT2D eigenvalue weighted by Gasteiger charge is -2.26. The van der Waals surface area contributed by atoms with E-state index in [1.165, 1.54) is 11.1 Å². The summed E-state index contributed by atoms with van der Waals surface area (Å²) in [5.41, 5.74) is 2.37. The van der Waals surface area contributed by atoms with Crippen LogP contribution in [0.15, 0.2) is 18.2 Å². The van der Waals surface area contributed by atoms with Gasteiger partial charge in [-0.1, -0.05) is 46.8 Å². The predicted molar refractivity (Wildman–Crippen MR) is 91.6 cm³/mol. The minimum absolute atomic E-state index is 0.00168. The van der Waals surface area contributed by atoms with Crippen molar-refractivity contribution in [1.29, 1.82) is 0 Å². The maximum Gasteiger partial charge on any atom is 0.123 e. The Bertz CT molecular complexity index is 460. The number of aliphatic hydroxyl groups excluding tert-OH is 2. The van der Waals surface area contributed by atoms with Gasteiger partial charge in [0.25, 0.3) is 0 Å². The monoisotopic (exact) mass is 308 g/mol. The van der Waals surface area contributed by atoms with Gasteiger partial charge in [0, 0.05) is 0 Å². The van der Waals surface area contributed by atoms with Gasteiger partial charge in [-0.3, -0.25) is 0 Å². The Morgan fingerprint density at radius 3 is 2.27 bits per heavy atom. The van der Waals surface area contributed by atoms with Gasteiger partial charge in [0.1, 0.15) is 5.75 Å². The quantitative estimate of drug-likeness (QED) is 0.800. The Labute approximate surface area is 135 Å². The third kappa shape index (κ3) is 5.29. The van der Waals surface area contributed by atoms with Gasteiger partial charge in [0.2, 0.25) is 0 Å². The third-order valence-electron chi connectivity index (χ3n) is 3.99. The summed E-state index contributed by atoms with van der Waals surface area (Å²) in [6.45, 7) is 13.1. The summed E-state index contributed by atoms with van der Waals surface area (Å²) in [5.74, 6) is 1.13. The molecule has 0 fully saturated rings. The van der Waals surface area contributed by atoms with Gasteiger partial charge in [-0.05, 0) is 48.3 Å². The average molecular weight is 308 g/mol. The van der Waals surface area contributed by atoms with Crippen LogP contribution in [0.4, 0.5) is 0 Å². The van der Waals surface area contributed by atoms with E-state index in [2.05, 4.69) is 46.8 Å². The minimum Gasteiger partial charge on any atom is -0.493 e. The first-order chi connectivity index (χ1) is 10.2. The van der Waals surface area contributed by atoms with Gasteiger partial charge in [-0.2, -0.15) is 0 Å². The van der Waals surface area contributed by atoms with Crippen molar-refractivity contribution in [3.63, 3.8) is 0 Å². The molecule has 0 bridgehead atoms. The fourth-order valence-electron chi connectivity index (χ4n) is 2.47. The molecular formula is C19H32O3. The molecule has 22 heavy (non-hydrogen) atoms. The molecule has 0 radical (unpaired) electrons. The van der Waals surface area contributed by atoms with Crippen LogP contribution in [-0.2, 0) is 5.41 Å². The Kier molecular flexibility index (Phi) is 6.89. The van der Waals surface area contributed by atoms with Crippen LogP contribution in [0.2, 0.25) is 0 Å².